The molecule has 2 aliphatic rings. The van der Waals surface area contributed by atoms with Gasteiger partial charge in [-0.25, -0.2) is 0 Å². The molecule has 2 atom stereocenters. The molecule has 4 rings (SSSR count). The zero-order valence-electron chi connectivity index (χ0n) is 19.0. The first kappa shape index (κ1) is 24.8. The molecule has 2 aromatic rings. The number of carbonyl (C=O) groups is 1. The van der Waals surface area contributed by atoms with E-state index in [2.05, 4.69) is 10.2 Å². The fourth-order valence-corrected chi connectivity index (χ4v) is 4.60. The van der Waals surface area contributed by atoms with Crippen LogP contribution in [0.5, 0.6) is 0 Å². The van der Waals surface area contributed by atoms with E-state index in [4.69, 9.17) is 4.74 Å². The summed E-state index contributed by atoms with van der Waals surface area (Å²) in [6.45, 7) is 2.71. The number of piperazine rings is 1. The predicted octanol–water partition coefficient (Wildman–Crippen LogP) is 4.31. The lowest BCUT2D eigenvalue weighted by molar-refractivity contribution is -0.388. The SMILES string of the molecule is O=C(CO[C@@H]1CC[C@@H](Nc2ccc([N+](=O)[O-])c(C(F)(F)F)c2)C1)N1CCN(c2ccccc2)CC1. The summed E-state index contributed by atoms with van der Waals surface area (Å²) < 4.78 is 45.4. The zero-order chi connectivity index (χ0) is 25.0. The van der Waals surface area contributed by atoms with E-state index >= 15 is 0 Å². The van der Waals surface area contributed by atoms with Crippen molar-refractivity contribution in [1.29, 1.82) is 0 Å². The number of rotatable bonds is 7. The monoisotopic (exact) mass is 492 g/mol. The average Bonchev–Trinajstić information content (AvgIpc) is 3.29. The van der Waals surface area contributed by atoms with Crippen LogP contribution in [0.15, 0.2) is 48.5 Å². The van der Waals surface area contributed by atoms with Gasteiger partial charge in [0.05, 0.1) is 11.0 Å². The molecule has 0 spiro atoms. The van der Waals surface area contributed by atoms with Gasteiger partial charge < -0.3 is 19.9 Å². The maximum absolute atomic E-state index is 13.2. The summed E-state index contributed by atoms with van der Waals surface area (Å²) in [7, 11) is 0. The maximum Gasteiger partial charge on any atom is 0.423 e. The molecule has 1 N–H and O–H groups in total. The van der Waals surface area contributed by atoms with Crippen molar-refractivity contribution < 1.29 is 27.6 Å². The Bertz CT molecular complexity index is 1040. The molecule has 0 bridgehead atoms. The van der Waals surface area contributed by atoms with Crippen LogP contribution in [-0.4, -0.2) is 60.7 Å². The Labute approximate surface area is 200 Å². The number of carbonyl (C=O) groups excluding carboxylic acids is 1. The third-order valence-electron chi connectivity index (χ3n) is 6.45. The van der Waals surface area contributed by atoms with Crippen molar-refractivity contribution in [2.45, 2.75) is 37.6 Å². The highest BCUT2D eigenvalue weighted by molar-refractivity contribution is 5.77. The normalized spacial score (nSPS) is 20.7. The Hall–Kier alpha value is -3.34. The largest absolute Gasteiger partial charge is 0.423 e. The van der Waals surface area contributed by atoms with Gasteiger partial charge in [-0.15, -0.1) is 0 Å². The lowest BCUT2D eigenvalue weighted by Gasteiger charge is -2.36. The first-order chi connectivity index (χ1) is 16.7. The predicted molar refractivity (Wildman–Crippen MR) is 124 cm³/mol. The molecule has 0 unspecified atom stereocenters. The molecule has 0 radical (unpaired) electrons. The summed E-state index contributed by atoms with van der Waals surface area (Å²) in [6.07, 6.45) is -3.14. The molecule has 1 saturated heterocycles. The van der Waals surface area contributed by atoms with Crippen molar-refractivity contribution in [1.82, 2.24) is 4.90 Å². The number of hydrogen-bond donors (Lipinski definition) is 1. The highest BCUT2D eigenvalue weighted by atomic mass is 19.4. The van der Waals surface area contributed by atoms with Crippen LogP contribution >= 0.6 is 0 Å². The number of nitrogens with zero attached hydrogens (tertiary/aromatic N) is 3. The fraction of sp³-hybridized carbons (Fsp3) is 0.458. The fourth-order valence-electron chi connectivity index (χ4n) is 4.60. The van der Waals surface area contributed by atoms with Gasteiger partial charge in [0.2, 0.25) is 5.91 Å². The smallest absolute Gasteiger partial charge is 0.382 e. The van der Waals surface area contributed by atoms with E-state index in [9.17, 15) is 28.1 Å². The van der Waals surface area contributed by atoms with Crippen LogP contribution < -0.4 is 10.2 Å². The minimum absolute atomic E-state index is 0.0293. The second kappa shape index (κ2) is 10.5. The van der Waals surface area contributed by atoms with Gasteiger partial charge in [0.15, 0.2) is 0 Å². The average molecular weight is 492 g/mol. The minimum Gasteiger partial charge on any atom is -0.382 e. The molecule has 2 fully saturated rings. The van der Waals surface area contributed by atoms with Crippen molar-refractivity contribution in [2.24, 2.45) is 0 Å². The Balaban J connectivity index is 1.23. The first-order valence-electron chi connectivity index (χ1n) is 11.5. The Kier molecular flexibility index (Phi) is 7.44. The Morgan fingerprint density at radius 1 is 1.09 bits per heavy atom. The molecule has 8 nitrogen and oxygen atoms in total. The number of para-hydroxylation sites is 1. The lowest BCUT2D eigenvalue weighted by atomic mass is 10.1. The van der Waals surface area contributed by atoms with Gasteiger partial charge in [-0.3, -0.25) is 14.9 Å². The van der Waals surface area contributed by atoms with Gasteiger partial charge in [0.1, 0.15) is 12.2 Å². The molecule has 1 aliphatic carbocycles. The molecule has 188 valence electrons. The van der Waals surface area contributed by atoms with Crippen molar-refractivity contribution >= 4 is 23.0 Å². The van der Waals surface area contributed by atoms with Crippen LogP contribution in [0.25, 0.3) is 0 Å². The van der Waals surface area contributed by atoms with Gasteiger partial charge in [0.25, 0.3) is 5.69 Å². The number of benzene rings is 2. The Morgan fingerprint density at radius 2 is 1.80 bits per heavy atom. The third kappa shape index (κ3) is 6.21. The van der Waals surface area contributed by atoms with Crippen molar-refractivity contribution in [3.63, 3.8) is 0 Å². The number of hydrogen-bond acceptors (Lipinski definition) is 6. The number of nitro benzene ring substituents is 1. The van der Waals surface area contributed by atoms with E-state index in [1.54, 1.807) is 4.90 Å². The van der Waals surface area contributed by atoms with Crippen LogP contribution in [0.3, 0.4) is 0 Å². The molecular weight excluding hydrogens is 465 g/mol. The van der Waals surface area contributed by atoms with E-state index < -0.39 is 22.4 Å². The number of amides is 1. The van der Waals surface area contributed by atoms with Crippen molar-refractivity contribution in [3.8, 4) is 0 Å². The van der Waals surface area contributed by atoms with Crippen molar-refractivity contribution in [2.75, 3.05) is 43.0 Å². The van der Waals surface area contributed by atoms with Gasteiger partial charge >= 0.3 is 6.18 Å². The van der Waals surface area contributed by atoms with E-state index in [1.807, 2.05) is 30.3 Å². The molecule has 0 aromatic heterocycles. The van der Waals surface area contributed by atoms with Gasteiger partial charge in [-0.05, 0) is 43.5 Å². The summed E-state index contributed by atoms with van der Waals surface area (Å²) in [5.41, 5.74) is -0.952. The summed E-state index contributed by atoms with van der Waals surface area (Å²) in [4.78, 5) is 26.5. The minimum atomic E-state index is -4.83. The van der Waals surface area contributed by atoms with E-state index in [0.717, 1.165) is 30.9 Å². The van der Waals surface area contributed by atoms with E-state index in [0.29, 0.717) is 32.4 Å². The molecule has 1 amide bonds. The van der Waals surface area contributed by atoms with Crippen LogP contribution in [0.2, 0.25) is 0 Å². The summed E-state index contributed by atoms with van der Waals surface area (Å²) >= 11 is 0. The topological polar surface area (TPSA) is 87.9 Å². The molecule has 11 heteroatoms. The molecule has 2 aromatic carbocycles. The van der Waals surface area contributed by atoms with Crippen LogP contribution in [-0.2, 0) is 15.7 Å². The molecule has 1 heterocycles. The first-order valence-corrected chi connectivity index (χ1v) is 11.5. The van der Waals surface area contributed by atoms with E-state index in [-0.39, 0.29) is 30.3 Å². The molecule has 1 aliphatic heterocycles. The van der Waals surface area contributed by atoms with Gasteiger partial charge in [-0.1, -0.05) is 18.2 Å². The van der Waals surface area contributed by atoms with Crippen LogP contribution in [0, 0.1) is 10.1 Å². The number of ether oxygens (including phenoxy) is 1. The standard InChI is InChI=1S/C24H27F3N4O4/c25-24(26,27)21-15-18(7-9-22(21)31(33)34)28-17-6-8-20(14-17)35-16-23(32)30-12-10-29(11-13-30)19-4-2-1-3-5-19/h1-5,7,9,15,17,20,28H,6,8,10-14,16H2/t17-,20-/m1/s1. The Morgan fingerprint density at radius 3 is 2.46 bits per heavy atom. The highest BCUT2D eigenvalue weighted by Gasteiger charge is 2.38. The zero-order valence-corrected chi connectivity index (χ0v) is 19.0. The second-order valence-electron chi connectivity index (χ2n) is 8.78. The number of nitrogens with one attached hydrogen (secondary N) is 1. The maximum atomic E-state index is 13.2. The quantitative estimate of drug-likeness (QED) is 0.458. The summed E-state index contributed by atoms with van der Waals surface area (Å²) in [5, 5.41) is 13.9. The second-order valence-corrected chi connectivity index (χ2v) is 8.78. The van der Waals surface area contributed by atoms with Gasteiger partial charge in [-0.2, -0.15) is 13.2 Å². The number of halogens is 3. The summed E-state index contributed by atoms with van der Waals surface area (Å²) in [5.74, 6) is -0.0701. The lowest BCUT2D eigenvalue weighted by Crippen LogP contribution is -2.50. The number of alkyl halides is 3. The molecular formula is C24H27F3N4O4. The van der Waals surface area contributed by atoms with Gasteiger partial charge in [0, 0.05) is 49.7 Å². The number of nitro groups is 1. The molecule has 1 saturated carbocycles. The number of anilines is 2. The third-order valence-corrected chi connectivity index (χ3v) is 6.45. The van der Waals surface area contributed by atoms with Crippen LogP contribution in [0.1, 0.15) is 24.8 Å². The summed E-state index contributed by atoms with van der Waals surface area (Å²) in [6, 6.07) is 12.8. The van der Waals surface area contributed by atoms with Crippen molar-refractivity contribution in [3.05, 3.63) is 64.2 Å². The van der Waals surface area contributed by atoms with E-state index in [1.165, 1.54) is 6.07 Å². The van der Waals surface area contributed by atoms with Crippen LogP contribution in [0.4, 0.5) is 30.2 Å². The molecule has 35 heavy (non-hydrogen) atoms. The highest BCUT2D eigenvalue weighted by Crippen LogP contribution is 2.38.